The number of nitrogens with two attached hydrogens (primary N) is 1. The number of hydrogen-bond donors (Lipinski definition) is 2. The number of carbonyl (C=O) groups is 2. The highest BCUT2D eigenvalue weighted by molar-refractivity contribution is 5.96. The maximum atomic E-state index is 12.6. The molecule has 1 aliphatic rings. The summed E-state index contributed by atoms with van der Waals surface area (Å²) in [4.78, 5) is 27.3. The van der Waals surface area contributed by atoms with Gasteiger partial charge in [-0.15, -0.1) is 0 Å². The van der Waals surface area contributed by atoms with Gasteiger partial charge < -0.3 is 16.0 Å². The Morgan fingerprint density at radius 1 is 1.06 bits per heavy atom. The standard InChI is InChI=1S/C26H33N3O2/c1-3-22(28-24(30)23-14-8-7-10-20(23)2)13-9-17-29-18-15-26(16-19-29,25(27)31)21-11-5-4-6-12-21/h3-8,10-12,14H,9,13,15-19H2,1-2H3,(H2,27,31)(H,28,30). The number of nitrogens with zero attached hydrogens (tertiary/aromatic N) is 1. The molecule has 0 bridgehead atoms. The number of nitrogens with one attached hydrogen (secondary N) is 1. The summed E-state index contributed by atoms with van der Waals surface area (Å²) < 4.78 is 0. The summed E-state index contributed by atoms with van der Waals surface area (Å²) in [7, 11) is 0. The van der Waals surface area contributed by atoms with E-state index >= 15 is 0 Å². The largest absolute Gasteiger partial charge is 0.369 e. The Bertz CT molecular complexity index is 929. The monoisotopic (exact) mass is 419 g/mol. The first-order valence-electron chi connectivity index (χ1n) is 11.1. The molecule has 2 amide bonds. The molecule has 0 atom stereocenters. The van der Waals surface area contributed by atoms with Crippen LogP contribution in [0, 0.1) is 6.92 Å². The van der Waals surface area contributed by atoms with Crippen molar-refractivity contribution in [2.45, 2.75) is 44.9 Å². The minimum Gasteiger partial charge on any atom is -0.369 e. The summed E-state index contributed by atoms with van der Waals surface area (Å²) in [6.07, 6.45) is 5.21. The summed E-state index contributed by atoms with van der Waals surface area (Å²) in [6.45, 7) is 6.52. The molecule has 1 aliphatic heterocycles. The van der Waals surface area contributed by atoms with Crippen molar-refractivity contribution in [2.24, 2.45) is 5.73 Å². The summed E-state index contributed by atoms with van der Waals surface area (Å²) in [5.74, 6) is -0.285. The number of allylic oxidation sites excluding steroid dienone is 2. The van der Waals surface area contributed by atoms with Crippen molar-refractivity contribution < 1.29 is 9.59 Å². The molecule has 2 aromatic rings. The van der Waals surface area contributed by atoms with Crippen LogP contribution in [-0.4, -0.2) is 36.3 Å². The number of primary amides is 1. The Morgan fingerprint density at radius 2 is 1.71 bits per heavy atom. The van der Waals surface area contributed by atoms with Gasteiger partial charge in [0.1, 0.15) is 0 Å². The first-order valence-corrected chi connectivity index (χ1v) is 11.1. The molecule has 164 valence electrons. The summed E-state index contributed by atoms with van der Waals surface area (Å²) >= 11 is 0. The highest BCUT2D eigenvalue weighted by Crippen LogP contribution is 2.35. The topological polar surface area (TPSA) is 75.4 Å². The van der Waals surface area contributed by atoms with Gasteiger partial charge in [-0.2, -0.15) is 0 Å². The van der Waals surface area contributed by atoms with Gasteiger partial charge in [-0.3, -0.25) is 9.59 Å². The van der Waals surface area contributed by atoms with Gasteiger partial charge in [0.15, 0.2) is 0 Å². The molecule has 0 aliphatic carbocycles. The molecule has 1 heterocycles. The molecule has 2 aromatic carbocycles. The highest BCUT2D eigenvalue weighted by atomic mass is 16.2. The molecule has 31 heavy (non-hydrogen) atoms. The number of rotatable bonds is 8. The van der Waals surface area contributed by atoms with Crippen molar-refractivity contribution >= 4 is 11.8 Å². The number of likely N-dealkylation sites (tertiary alicyclic amines) is 1. The lowest BCUT2D eigenvalue weighted by Crippen LogP contribution is -2.50. The van der Waals surface area contributed by atoms with Crippen LogP contribution in [0.15, 0.2) is 66.4 Å². The molecular weight excluding hydrogens is 386 g/mol. The second-order valence-electron chi connectivity index (χ2n) is 8.34. The molecule has 1 fully saturated rings. The van der Waals surface area contributed by atoms with Crippen LogP contribution in [0.25, 0.3) is 0 Å². The lowest BCUT2D eigenvalue weighted by atomic mass is 9.72. The zero-order valence-corrected chi connectivity index (χ0v) is 18.6. The highest BCUT2D eigenvalue weighted by Gasteiger charge is 2.41. The minimum atomic E-state index is -0.562. The number of benzene rings is 2. The molecule has 3 N–H and O–H groups in total. The average molecular weight is 420 g/mol. The lowest BCUT2D eigenvalue weighted by molar-refractivity contribution is -0.125. The number of hydrogen-bond acceptors (Lipinski definition) is 3. The second kappa shape index (κ2) is 10.4. The van der Waals surface area contributed by atoms with E-state index in [0.717, 1.165) is 62.1 Å². The Balaban J connectivity index is 1.49. The van der Waals surface area contributed by atoms with E-state index in [1.807, 2.05) is 74.5 Å². The van der Waals surface area contributed by atoms with Crippen molar-refractivity contribution in [3.05, 3.63) is 83.1 Å². The third-order valence-corrected chi connectivity index (χ3v) is 6.44. The Hall–Kier alpha value is -2.92. The van der Waals surface area contributed by atoms with Crippen LogP contribution < -0.4 is 11.1 Å². The van der Waals surface area contributed by atoms with Gasteiger partial charge in [0, 0.05) is 11.3 Å². The Labute approximate surface area is 185 Å². The van der Waals surface area contributed by atoms with Crippen molar-refractivity contribution in [2.75, 3.05) is 19.6 Å². The third-order valence-electron chi connectivity index (χ3n) is 6.44. The van der Waals surface area contributed by atoms with Gasteiger partial charge >= 0.3 is 0 Å². The molecule has 0 spiro atoms. The Kier molecular flexibility index (Phi) is 7.64. The number of amides is 2. The normalized spacial score (nSPS) is 16.6. The predicted molar refractivity (Wildman–Crippen MR) is 125 cm³/mol. The number of piperidine rings is 1. The molecular formula is C26H33N3O2. The SMILES string of the molecule is CC=C(CCCN1CCC(C(N)=O)(c2ccccc2)CC1)NC(=O)c1ccccc1C. The van der Waals surface area contributed by atoms with E-state index in [9.17, 15) is 9.59 Å². The second-order valence-corrected chi connectivity index (χ2v) is 8.34. The van der Waals surface area contributed by atoms with Gasteiger partial charge in [-0.25, -0.2) is 0 Å². The molecule has 5 heteroatoms. The molecule has 3 rings (SSSR count). The molecule has 0 saturated carbocycles. The van der Waals surface area contributed by atoms with Crippen LogP contribution in [0.2, 0.25) is 0 Å². The molecule has 0 aromatic heterocycles. The first-order chi connectivity index (χ1) is 15.0. The maximum absolute atomic E-state index is 12.6. The fourth-order valence-corrected chi connectivity index (χ4v) is 4.41. The molecule has 1 saturated heterocycles. The quantitative estimate of drug-likeness (QED) is 0.681. The van der Waals surface area contributed by atoms with Gasteiger partial charge in [0.2, 0.25) is 5.91 Å². The van der Waals surface area contributed by atoms with Crippen LogP contribution in [0.5, 0.6) is 0 Å². The van der Waals surface area contributed by atoms with Gasteiger partial charge in [-0.1, -0.05) is 54.6 Å². The Morgan fingerprint density at radius 3 is 2.32 bits per heavy atom. The number of aryl methyl sites for hydroxylation is 1. The van der Waals surface area contributed by atoms with E-state index in [0.29, 0.717) is 5.56 Å². The fourth-order valence-electron chi connectivity index (χ4n) is 4.41. The van der Waals surface area contributed by atoms with Crippen molar-refractivity contribution in [3.8, 4) is 0 Å². The minimum absolute atomic E-state index is 0.0572. The van der Waals surface area contributed by atoms with Crippen LogP contribution in [0.4, 0.5) is 0 Å². The zero-order chi connectivity index (χ0) is 22.3. The van der Waals surface area contributed by atoms with Crippen LogP contribution >= 0.6 is 0 Å². The van der Waals surface area contributed by atoms with E-state index < -0.39 is 5.41 Å². The predicted octanol–water partition coefficient (Wildman–Crippen LogP) is 3.93. The van der Waals surface area contributed by atoms with Crippen molar-refractivity contribution in [3.63, 3.8) is 0 Å². The lowest BCUT2D eigenvalue weighted by Gasteiger charge is -2.40. The number of carbonyl (C=O) groups excluding carboxylic acids is 2. The smallest absolute Gasteiger partial charge is 0.255 e. The van der Waals surface area contributed by atoms with Crippen LogP contribution in [0.3, 0.4) is 0 Å². The zero-order valence-electron chi connectivity index (χ0n) is 18.6. The van der Waals surface area contributed by atoms with Gasteiger partial charge in [0.25, 0.3) is 5.91 Å². The maximum Gasteiger partial charge on any atom is 0.255 e. The van der Waals surface area contributed by atoms with Crippen LogP contribution in [0.1, 0.15) is 54.1 Å². The third kappa shape index (κ3) is 5.42. The molecule has 0 radical (unpaired) electrons. The summed E-state index contributed by atoms with van der Waals surface area (Å²) in [5.41, 5.74) is 8.93. The van der Waals surface area contributed by atoms with E-state index in [4.69, 9.17) is 5.73 Å². The van der Waals surface area contributed by atoms with Crippen molar-refractivity contribution in [1.29, 1.82) is 0 Å². The summed E-state index contributed by atoms with van der Waals surface area (Å²) in [6, 6.07) is 17.5. The van der Waals surface area contributed by atoms with E-state index in [1.165, 1.54) is 0 Å². The first kappa shape index (κ1) is 22.8. The van der Waals surface area contributed by atoms with Gasteiger partial charge in [-0.05, 0) is 76.4 Å². The average Bonchev–Trinajstić information content (AvgIpc) is 2.79. The summed E-state index contributed by atoms with van der Waals surface area (Å²) in [5, 5.41) is 3.05. The van der Waals surface area contributed by atoms with Gasteiger partial charge in [0.05, 0.1) is 5.41 Å². The van der Waals surface area contributed by atoms with Crippen LogP contribution in [-0.2, 0) is 10.2 Å². The van der Waals surface area contributed by atoms with E-state index in [1.54, 1.807) is 0 Å². The van der Waals surface area contributed by atoms with E-state index in [-0.39, 0.29) is 11.8 Å². The van der Waals surface area contributed by atoms with E-state index in [2.05, 4.69) is 10.2 Å². The molecule has 5 nitrogen and oxygen atoms in total. The van der Waals surface area contributed by atoms with Crippen molar-refractivity contribution in [1.82, 2.24) is 10.2 Å². The fraction of sp³-hybridized carbons (Fsp3) is 0.385. The molecule has 0 unspecified atom stereocenters.